The first-order chi connectivity index (χ1) is 12.0. The molecule has 0 radical (unpaired) electrons. The molecule has 0 spiro atoms. The summed E-state index contributed by atoms with van der Waals surface area (Å²) in [5.74, 6) is 0.448. The van der Waals surface area contributed by atoms with Crippen LogP contribution >= 0.6 is 23.8 Å². The summed E-state index contributed by atoms with van der Waals surface area (Å²) >= 11 is 11.3. The summed E-state index contributed by atoms with van der Waals surface area (Å²) in [5, 5.41) is 11.7. The molecule has 0 amide bonds. The van der Waals surface area contributed by atoms with Crippen molar-refractivity contribution >= 4 is 40.6 Å². The first kappa shape index (κ1) is 17.4. The van der Waals surface area contributed by atoms with Gasteiger partial charge in [-0.3, -0.25) is 5.32 Å². The zero-order valence-electron chi connectivity index (χ0n) is 14.0. The normalized spacial score (nSPS) is 10.5. The van der Waals surface area contributed by atoms with E-state index in [-0.39, 0.29) is 0 Å². The van der Waals surface area contributed by atoms with Crippen molar-refractivity contribution in [1.82, 2.24) is 14.8 Å². The highest BCUT2D eigenvalue weighted by Crippen LogP contribution is 2.16. The fourth-order valence-electron chi connectivity index (χ4n) is 2.46. The van der Waals surface area contributed by atoms with E-state index in [0.29, 0.717) is 22.6 Å². The van der Waals surface area contributed by atoms with E-state index in [4.69, 9.17) is 23.8 Å². The van der Waals surface area contributed by atoms with Gasteiger partial charge in [0.1, 0.15) is 6.33 Å². The second kappa shape index (κ2) is 7.63. The van der Waals surface area contributed by atoms with Gasteiger partial charge in [0.2, 0.25) is 5.95 Å². The van der Waals surface area contributed by atoms with Gasteiger partial charge in [-0.05, 0) is 55.4 Å². The Hall–Kier alpha value is -2.44. The van der Waals surface area contributed by atoms with Crippen LogP contribution in [0.4, 0.5) is 11.6 Å². The third-order valence-electron chi connectivity index (χ3n) is 3.63. The van der Waals surface area contributed by atoms with E-state index < -0.39 is 0 Å². The second-order valence-corrected chi connectivity index (χ2v) is 6.64. The highest BCUT2D eigenvalue weighted by Gasteiger charge is 2.06. The van der Waals surface area contributed by atoms with Gasteiger partial charge in [0, 0.05) is 10.7 Å². The molecule has 25 heavy (non-hydrogen) atoms. The van der Waals surface area contributed by atoms with Gasteiger partial charge in [-0.1, -0.05) is 41.4 Å². The summed E-state index contributed by atoms with van der Waals surface area (Å²) in [6, 6.07) is 13.8. The monoisotopic (exact) mass is 371 g/mol. The van der Waals surface area contributed by atoms with Gasteiger partial charge < -0.3 is 5.32 Å². The number of nitrogens with zero attached hydrogens (tertiary/aromatic N) is 3. The summed E-state index contributed by atoms with van der Waals surface area (Å²) in [6.45, 7) is 4.69. The molecule has 3 aromatic rings. The van der Waals surface area contributed by atoms with E-state index in [1.165, 1.54) is 5.56 Å². The Labute approximate surface area is 157 Å². The molecule has 0 saturated carbocycles. The molecule has 2 N–H and O–H groups in total. The van der Waals surface area contributed by atoms with Gasteiger partial charge in [0.25, 0.3) is 0 Å². The number of benzene rings is 2. The van der Waals surface area contributed by atoms with E-state index in [1.54, 1.807) is 11.0 Å². The molecule has 0 saturated heterocycles. The summed E-state index contributed by atoms with van der Waals surface area (Å²) in [5.41, 5.74) is 4.35. The molecule has 0 bridgehead atoms. The predicted molar refractivity (Wildman–Crippen MR) is 106 cm³/mol. The number of thiocarbonyl (C=S) groups is 1. The largest absolute Gasteiger partial charge is 0.332 e. The van der Waals surface area contributed by atoms with Crippen molar-refractivity contribution < 1.29 is 0 Å². The average molecular weight is 372 g/mol. The molecule has 0 fully saturated rings. The van der Waals surface area contributed by atoms with Crippen molar-refractivity contribution in [2.45, 2.75) is 20.4 Å². The smallest absolute Gasteiger partial charge is 0.248 e. The van der Waals surface area contributed by atoms with E-state index in [0.717, 1.165) is 16.8 Å². The molecule has 1 heterocycles. The fourth-order valence-corrected chi connectivity index (χ4v) is 2.87. The Balaban J connectivity index is 1.61. The Morgan fingerprint density at radius 1 is 1.16 bits per heavy atom. The van der Waals surface area contributed by atoms with E-state index in [1.807, 2.05) is 43.3 Å². The zero-order chi connectivity index (χ0) is 17.8. The standard InChI is InChI=1S/C18H18ClN5S/c1-12-6-7-16(13(2)8-12)21-18(25)22-17-20-11-24(23-17)10-14-4-3-5-15(19)9-14/h3-9,11H,10H2,1-2H3,(H2,21,22,23,25). The Morgan fingerprint density at radius 2 is 2.00 bits per heavy atom. The van der Waals surface area contributed by atoms with Gasteiger partial charge in [-0.15, -0.1) is 5.10 Å². The second-order valence-electron chi connectivity index (χ2n) is 5.79. The van der Waals surface area contributed by atoms with Gasteiger partial charge in [0.05, 0.1) is 6.54 Å². The lowest BCUT2D eigenvalue weighted by molar-refractivity contribution is 0.687. The van der Waals surface area contributed by atoms with E-state index >= 15 is 0 Å². The topological polar surface area (TPSA) is 54.8 Å². The average Bonchev–Trinajstić information content (AvgIpc) is 2.97. The lowest BCUT2D eigenvalue weighted by Crippen LogP contribution is -2.20. The van der Waals surface area contributed by atoms with Crippen molar-refractivity contribution in [2.24, 2.45) is 0 Å². The van der Waals surface area contributed by atoms with Crippen LogP contribution < -0.4 is 10.6 Å². The van der Waals surface area contributed by atoms with Crippen LogP contribution in [0.15, 0.2) is 48.8 Å². The Kier molecular flexibility index (Phi) is 5.31. The van der Waals surface area contributed by atoms with Crippen molar-refractivity contribution in [3.8, 4) is 0 Å². The van der Waals surface area contributed by atoms with Gasteiger partial charge in [-0.2, -0.15) is 0 Å². The number of hydrogen-bond acceptors (Lipinski definition) is 3. The third-order valence-corrected chi connectivity index (χ3v) is 4.06. The molecular weight excluding hydrogens is 354 g/mol. The Morgan fingerprint density at radius 3 is 2.76 bits per heavy atom. The van der Waals surface area contributed by atoms with Crippen LogP contribution in [0.1, 0.15) is 16.7 Å². The predicted octanol–water partition coefficient (Wildman–Crippen LogP) is 4.41. The minimum Gasteiger partial charge on any atom is -0.332 e. The third kappa shape index (κ3) is 4.78. The molecule has 0 aliphatic rings. The molecule has 2 aromatic carbocycles. The minimum atomic E-state index is 0.448. The maximum Gasteiger partial charge on any atom is 0.248 e. The number of nitrogens with one attached hydrogen (secondary N) is 2. The van der Waals surface area contributed by atoms with E-state index in [9.17, 15) is 0 Å². The van der Waals surface area contributed by atoms with Crippen LogP contribution in [-0.2, 0) is 6.54 Å². The van der Waals surface area contributed by atoms with Gasteiger partial charge in [-0.25, -0.2) is 9.67 Å². The lowest BCUT2D eigenvalue weighted by Gasteiger charge is -2.11. The molecular formula is C18H18ClN5S. The number of aromatic nitrogens is 3. The molecule has 3 rings (SSSR count). The number of rotatable bonds is 4. The van der Waals surface area contributed by atoms with Crippen LogP contribution in [0.2, 0.25) is 5.02 Å². The maximum atomic E-state index is 6.00. The maximum absolute atomic E-state index is 6.00. The zero-order valence-corrected chi connectivity index (χ0v) is 15.5. The summed E-state index contributed by atoms with van der Waals surface area (Å²) in [7, 11) is 0. The molecule has 128 valence electrons. The van der Waals surface area contributed by atoms with Gasteiger partial charge >= 0.3 is 0 Å². The fraction of sp³-hybridized carbons (Fsp3) is 0.167. The summed E-state index contributed by atoms with van der Waals surface area (Å²) in [6.07, 6.45) is 1.66. The minimum absolute atomic E-state index is 0.448. The van der Waals surface area contributed by atoms with Crippen LogP contribution in [0.25, 0.3) is 0 Å². The van der Waals surface area contributed by atoms with E-state index in [2.05, 4.69) is 33.7 Å². The van der Waals surface area contributed by atoms with Gasteiger partial charge in [0.15, 0.2) is 5.11 Å². The first-order valence-corrected chi connectivity index (χ1v) is 8.57. The molecule has 0 unspecified atom stereocenters. The molecule has 0 aliphatic carbocycles. The Bertz CT molecular complexity index is 906. The SMILES string of the molecule is Cc1ccc(NC(=S)Nc2ncn(Cc3cccc(Cl)c3)n2)c(C)c1. The summed E-state index contributed by atoms with van der Waals surface area (Å²) in [4.78, 5) is 4.23. The number of anilines is 2. The van der Waals surface area contributed by atoms with Crippen LogP contribution in [0.5, 0.6) is 0 Å². The first-order valence-electron chi connectivity index (χ1n) is 7.79. The molecule has 5 nitrogen and oxygen atoms in total. The highest BCUT2D eigenvalue weighted by atomic mass is 35.5. The van der Waals surface area contributed by atoms with Crippen molar-refractivity contribution in [3.05, 3.63) is 70.5 Å². The lowest BCUT2D eigenvalue weighted by atomic mass is 10.1. The summed E-state index contributed by atoms with van der Waals surface area (Å²) < 4.78 is 1.73. The number of halogens is 1. The van der Waals surface area contributed by atoms with Crippen LogP contribution in [0, 0.1) is 13.8 Å². The number of aryl methyl sites for hydroxylation is 2. The highest BCUT2D eigenvalue weighted by molar-refractivity contribution is 7.80. The molecule has 0 atom stereocenters. The quantitative estimate of drug-likeness (QED) is 0.665. The van der Waals surface area contributed by atoms with Crippen LogP contribution in [0.3, 0.4) is 0 Å². The van der Waals surface area contributed by atoms with Crippen LogP contribution in [-0.4, -0.2) is 19.9 Å². The molecule has 0 aliphatic heterocycles. The number of hydrogen-bond donors (Lipinski definition) is 2. The molecule has 1 aromatic heterocycles. The van der Waals surface area contributed by atoms with Crippen molar-refractivity contribution in [3.63, 3.8) is 0 Å². The van der Waals surface area contributed by atoms with Crippen molar-refractivity contribution in [1.29, 1.82) is 0 Å². The molecule has 7 heteroatoms. The van der Waals surface area contributed by atoms with Crippen molar-refractivity contribution in [2.75, 3.05) is 10.6 Å².